The molecule has 3 rings (SSSR count). The van der Waals surface area contributed by atoms with Crippen LogP contribution in [0.3, 0.4) is 0 Å². The van der Waals surface area contributed by atoms with Crippen molar-refractivity contribution in [1.82, 2.24) is 10.0 Å². The summed E-state index contributed by atoms with van der Waals surface area (Å²) in [7, 11) is -2.29. The number of piperidine rings is 1. The largest absolute Gasteiger partial charge is 0.465 e. The molecule has 23 heavy (non-hydrogen) atoms. The lowest BCUT2D eigenvalue weighted by Gasteiger charge is -2.29. The number of ether oxygens (including phenoxy) is 1. The molecule has 1 aromatic rings. The molecule has 0 aliphatic carbocycles. The predicted octanol–water partition coefficient (Wildman–Crippen LogP) is 1.34. The molecule has 0 spiro atoms. The Kier molecular flexibility index (Phi) is 4.44. The van der Waals surface area contributed by atoms with Crippen LogP contribution in [0.15, 0.2) is 23.1 Å². The Hall–Kier alpha value is -1.44. The lowest BCUT2D eigenvalue weighted by Crippen LogP contribution is -2.48. The number of aryl methyl sites for hydroxylation is 1. The standard InChI is InChI=1S/C16H22N2O4S/c1-10-7-11(16(19)22-2)3-6-15(10)23(20,21)18-14-8-12-4-5-13(9-14)17-12/h3,6-7,12-14,17-18H,4-5,8-9H2,1-2H3. The molecule has 7 heteroatoms. The maximum absolute atomic E-state index is 12.7. The van der Waals surface area contributed by atoms with E-state index in [9.17, 15) is 13.2 Å². The third-order valence-corrected chi connectivity index (χ3v) is 6.36. The fourth-order valence-electron chi connectivity index (χ4n) is 3.63. The van der Waals surface area contributed by atoms with Crippen molar-refractivity contribution in [2.45, 2.75) is 55.6 Å². The number of sulfonamides is 1. The summed E-state index contributed by atoms with van der Waals surface area (Å²) < 4.78 is 32.8. The Labute approximate surface area is 136 Å². The summed E-state index contributed by atoms with van der Waals surface area (Å²) in [5.41, 5.74) is 0.890. The first-order valence-corrected chi connectivity index (χ1v) is 9.34. The molecule has 6 nitrogen and oxygen atoms in total. The van der Waals surface area contributed by atoms with E-state index >= 15 is 0 Å². The van der Waals surface area contributed by atoms with Crippen LogP contribution < -0.4 is 10.0 Å². The highest BCUT2D eigenvalue weighted by atomic mass is 32.2. The van der Waals surface area contributed by atoms with Gasteiger partial charge in [0.2, 0.25) is 10.0 Å². The number of fused-ring (bicyclic) bond motifs is 2. The molecule has 2 N–H and O–H groups in total. The molecule has 2 aliphatic rings. The van der Waals surface area contributed by atoms with Crippen molar-refractivity contribution in [2.75, 3.05) is 7.11 Å². The topological polar surface area (TPSA) is 84.5 Å². The summed E-state index contributed by atoms with van der Waals surface area (Å²) in [6.07, 6.45) is 3.90. The first kappa shape index (κ1) is 16.4. The van der Waals surface area contributed by atoms with Crippen LogP contribution in [0, 0.1) is 6.92 Å². The Morgan fingerprint density at radius 2 is 1.91 bits per heavy atom. The average molecular weight is 338 g/mol. The number of carbonyl (C=O) groups excluding carboxylic acids is 1. The lowest BCUT2D eigenvalue weighted by molar-refractivity contribution is 0.0600. The van der Waals surface area contributed by atoms with Gasteiger partial charge in [0.1, 0.15) is 0 Å². The normalized spacial score (nSPS) is 27.0. The van der Waals surface area contributed by atoms with Crippen LogP contribution in [0.4, 0.5) is 0 Å². The van der Waals surface area contributed by atoms with E-state index in [4.69, 9.17) is 0 Å². The number of methoxy groups -OCH3 is 1. The van der Waals surface area contributed by atoms with E-state index in [1.165, 1.54) is 19.2 Å². The third kappa shape index (κ3) is 3.41. The summed E-state index contributed by atoms with van der Waals surface area (Å²) in [4.78, 5) is 11.7. The summed E-state index contributed by atoms with van der Waals surface area (Å²) in [6.45, 7) is 1.69. The van der Waals surface area contributed by atoms with E-state index in [-0.39, 0.29) is 10.9 Å². The van der Waals surface area contributed by atoms with Gasteiger partial charge in [0, 0.05) is 18.1 Å². The van der Waals surface area contributed by atoms with Gasteiger partial charge in [-0.25, -0.2) is 17.9 Å². The van der Waals surface area contributed by atoms with Crippen molar-refractivity contribution in [3.05, 3.63) is 29.3 Å². The van der Waals surface area contributed by atoms with Gasteiger partial charge in [-0.2, -0.15) is 0 Å². The van der Waals surface area contributed by atoms with Crippen LogP contribution in [-0.2, 0) is 14.8 Å². The van der Waals surface area contributed by atoms with E-state index in [1.54, 1.807) is 13.0 Å². The maximum Gasteiger partial charge on any atom is 0.337 e. The van der Waals surface area contributed by atoms with Gasteiger partial charge < -0.3 is 10.1 Å². The summed E-state index contributed by atoms with van der Waals surface area (Å²) >= 11 is 0. The van der Waals surface area contributed by atoms with Gasteiger partial charge in [-0.1, -0.05) is 0 Å². The van der Waals surface area contributed by atoms with Crippen molar-refractivity contribution in [3.63, 3.8) is 0 Å². The van der Waals surface area contributed by atoms with E-state index in [2.05, 4.69) is 14.8 Å². The second kappa shape index (κ2) is 6.22. The number of esters is 1. The van der Waals surface area contributed by atoms with Gasteiger partial charge in [-0.05, 0) is 56.4 Å². The molecule has 2 heterocycles. The SMILES string of the molecule is COC(=O)c1ccc(S(=O)(=O)NC2CC3CCC(C2)N3)c(C)c1. The second-order valence-corrected chi connectivity index (χ2v) is 8.08. The molecule has 1 aromatic carbocycles. The molecule has 2 aliphatic heterocycles. The van der Waals surface area contributed by atoms with Crippen molar-refractivity contribution >= 4 is 16.0 Å². The number of hydrogen-bond acceptors (Lipinski definition) is 5. The van der Waals surface area contributed by atoms with Gasteiger partial charge in [0.05, 0.1) is 17.6 Å². The molecule has 126 valence electrons. The zero-order valence-electron chi connectivity index (χ0n) is 13.3. The first-order valence-electron chi connectivity index (χ1n) is 7.86. The smallest absolute Gasteiger partial charge is 0.337 e. The fraction of sp³-hybridized carbons (Fsp3) is 0.562. The Morgan fingerprint density at radius 1 is 1.26 bits per heavy atom. The summed E-state index contributed by atoms with van der Waals surface area (Å²) in [5.74, 6) is -0.472. The number of carbonyl (C=O) groups is 1. The summed E-state index contributed by atoms with van der Waals surface area (Å²) in [6, 6.07) is 5.32. The van der Waals surface area contributed by atoms with E-state index in [0.29, 0.717) is 23.2 Å². The van der Waals surface area contributed by atoms with E-state index in [1.807, 2.05) is 0 Å². The highest BCUT2D eigenvalue weighted by Crippen LogP contribution is 2.28. The minimum atomic E-state index is -3.59. The van der Waals surface area contributed by atoms with Crippen LogP contribution in [0.5, 0.6) is 0 Å². The summed E-state index contributed by atoms with van der Waals surface area (Å²) in [5, 5.41) is 3.50. The first-order chi connectivity index (χ1) is 10.9. The third-order valence-electron chi connectivity index (χ3n) is 4.68. The molecule has 0 radical (unpaired) electrons. The highest BCUT2D eigenvalue weighted by molar-refractivity contribution is 7.89. The number of rotatable bonds is 4. The fourth-order valence-corrected chi connectivity index (χ4v) is 5.12. The average Bonchev–Trinajstić information content (AvgIpc) is 2.84. The van der Waals surface area contributed by atoms with Crippen LogP contribution in [0.25, 0.3) is 0 Å². The molecule has 2 saturated heterocycles. The highest BCUT2D eigenvalue weighted by Gasteiger charge is 2.35. The number of hydrogen-bond donors (Lipinski definition) is 2. The van der Waals surface area contributed by atoms with Crippen molar-refractivity contribution in [2.24, 2.45) is 0 Å². The van der Waals surface area contributed by atoms with Gasteiger partial charge in [0.15, 0.2) is 0 Å². The minimum Gasteiger partial charge on any atom is -0.465 e. The van der Waals surface area contributed by atoms with Crippen LogP contribution in [0.1, 0.15) is 41.6 Å². The van der Waals surface area contributed by atoms with Gasteiger partial charge >= 0.3 is 5.97 Å². The Morgan fingerprint density at radius 3 is 2.48 bits per heavy atom. The molecule has 2 unspecified atom stereocenters. The van der Waals surface area contributed by atoms with Gasteiger partial charge in [-0.15, -0.1) is 0 Å². The van der Waals surface area contributed by atoms with Crippen molar-refractivity contribution < 1.29 is 17.9 Å². The monoisotopic (exact) mass is 338 g/mol. The van der Waals surface area contributed by atoms with Gasteiger partial charge in [-0.3, -0.25) is 0 Å². The molecule has 2 atom stereocenters. The minimum absolute atomic E-state index is 0.0292. The van der Waals surface area contributed by atoms with Gasteiger partial charge in [0.25, 0.3) is 0 Å². The maximum atomic E-state index is 12.7. The molecular weight excluding hydrogens is 316 g/mol. The zero-order chi connectivity index (χ0) is 16.6. The van der Waals surface area contributed by atoms with E-state index < -0.39 is 16.0 Å². The van der Waals surface area contributed by atoms with Crippen molar-refractivity contribution in [3.8, 4) is 0 Å². The van der Waals surface area contributed by atoms with Crippen molar-refractivity contribution in [1.29, 1.82) is 0 Å². The van der Waals surface area contributed by atoms with Crippen LogP contribution in [-0.4, -0.2) is 39.6 Å². The number of nitrogens with one attached hydrogen (secondary N) is 2. The number of benzene rings is 1. The molecule has 2 fully saturated rings. The molecule has 0 saturated carbocycles. The Bertz CT molecular complexity index is 705. The Balaban J connectivity index is 1.78. The lowest BCUT2D eigenvalue weighted by atomic mass is 10.0. The van der Waals surface area contributed by atoms with E-state index in [0.717, 1.165) is 25.7 Å². The molecule has 2 bridgehead atoms. The molecule has 0 amide bonds. The second-order valence-electron chi connectivity index (χ2n) is 6.40. The molecule has 0 aromatic heterocycles. The quantitative estimate of drug-likeness (QED) is 0.810. The van der Waals surface area contributed by atoms with Crippen LogP contribution in [0.2, 0.25) is 0 Å². The predicted molar refractivity (Wildman–Crippen MR) is 85.8 cm³/mol. The van der Waals surface area contributed by atoms with Crippen LogP contribution >= 0.6 is 0 Å². The molecular formula is C16H22N2O4S. The zero-order valence-corrected chi connectivity index (χ0v) is 14.2.